The Morgan fingerprint density at radius 1 is 0.968 bits per heavy atom. The number of amides is 1. The predicted molar refractivity (Wildman–Crippen MR) is 125 cm³/mol. The SMILES string of the molecule is CCc1ccc(NC(=O)CN(Cc2ccc(Cl)cc2Cl)S(=O)(=O)c2ccccc2)cc1. The summed E-state index contributed by atoms with van der Waals surface area (Å²) in [6.07, 6.45) is 0.888. The second-order valence-electron chi connectivity index (χ2n) is 6.92. The van der Waals surface area contributed by atoms with E-state index in [1.165, 1.54) is 12.1 Å². The topological polar surface area (TPSA) is 66.5 Å². The van der Waals surface area contributed by atoms with Crippen LogP contribution >= 0.6 is 23.2 Å². The van der Waals surface area contributed by atoms with Crippen LogP contribution in [0.1, 0.15) is 18.1 Å². The molecule has 0 saturated heterocycles. The first-order valence-electron chi connectivity index (χ1n) is 9.67. The molecule has 5 nitrogen and oxygen atoms in total. The summed E-state index contributed by atoms with van der Waals surface area (Å²) in [6.45, 7) is 1.60. The van der Waals surface area contributed by atoms with Gasteiger partial charge in [-0.15, -0.1) is 0 Å². The van der Waals surface area contributed by atoms with Crippen LogP contribution in [0.4, 0.5) is 5.69 Å². The number of hydrogen-bond donors (Lipinski definition) is 1. The van der Waals surface area contributed by atoms with Gasteiger partial charge < -0.3 is 5.32 Å². The minimum Gasteiger partial charge on any atom is -0.325 e. The van der Waals surface area contributed by atoms with Crippen molar-refractivity contribution < 1.29 is 13.2 Å². The minimum atomic E-state index is -3.94. The zero-order chi connectivity index (χ0) is 22.4. The first-order chi connectivity index (χ1) is 14.8. The number of carbonyl (C=O) groups is 1. The summed E-state index contributed by atoms with van der Waals surface area (Å²) >= 11 is 12.2. The molecule has 0 aromatic heterocycles. The van der Waals surface area contributed by atoms with Crippen molar-refractivity contribution in [2.75, 3.05) is 11.9 Å². The summed E-state index contributed by atoms with van der Waals surface area (Å²) in [6, 6.07) is 20.2. The van der Waals surface area contributed by atoms with E-state index in [0.29, 0.717) is 21.3 Å². The van der Waals surface area contributed by atoms with E-state index in [4.69, 9.17) is 23.2 Å². The normalized spacial score (nSPS) is 11.5. The summed E-state index contributed by atoms with van der Waals surface area (Å²) in [7, 11) is -3.94. The van der Waals surface area contributed by atoms with E-state index in [9.17, 15) is 13.2 Å². The van der Waals surface area contributed by atoms with Crippen molar-refractivity contribution in [1.82, 2.24) is 4.31 Å². The van der Waals surface area contributed by atoms with Gasteiger partial charge in [0.15, 0.2) is 0 Å². The Bertz CT molecular complexity index is 1150. The average Bonchev–Trinajstić information content (AvgIpc) is 2.76. The van der Waals surface area contributed by atoms with Crippen LogP contribution in [0.2, 0.25) is 10.0 Å². The summed E-state index contributed by atoms with van der Waals surface area (Å²) in [5.74, 6) is -0.450. The lowest BCUT2D eigenvalue weighted by molar-refractivity contribution is -0.116. The van der Waals surface area contributed by atoms with E-state index in [2.05, 4.69) is 5.32 Å². The Morgan fingerprint density at radius 3 is 2.26 bits per heavy atom. The highest BCUT2D eigenvalue weighted by Crippen LogP contribution is 2.25. The van der Waals surface area contributed by atoms with Gasteiger partial charge in [0.05, 0.1) is 11.4 Å². The fraction of sp³-hybridized carbons (Fsp3) is 0.174. The Hall–Kier alpha value is -2.38. The minimum absolute atomic E-state index is 0.0740. The number of sulfonamides is 1. The molecule has 0 radical (unpaired) electrons. The maximum Gasteiger partial charge on any atom is 0.243 e. The maximum atomic E-state index is 13.3. The molecule has 162 valence electrons. The van der Waals surface area contributed by atoms with Gasteiger partial charge in [-0.05, 0) is 53.9 Å². The van der Waals surface area contributed by atoms with E-state index in [0.717, 1.165) is 16.3 Å². The van der Waals surface area contributed by atoms with Crippen LogP contribution in [0.5, 0.6) is 0 Å². The van der Waals surface area contributed by atoms with Gasteiger partial charge in [-0.3, -0.25) is 4.79 Å². The number of hydrogen-bond acceptors (Lipinski definition) is 3. The molecule has 3 rings (SSSR count). The van der Waals surface area contributed by atoms with Gasteiger partial charge in [0.2, 0.25) is 15.9 Å². The zero-order valence-corrected chi connectivity index (χ0v) is 19.2. The first kappa shape index (κ1) is 23.3. The van der Waals surface area contributed by atoms with Crippen LogP contribution in [0, 0.1) is 0 Å². The second kappa shape index (κ2) is 10.3. The number of halogens is 2. The molecule has 0 unspecified atom stereocenters. The fourth-order valence-corrected chi connectivity index (χ4v) is 4.86. The van der Waals surface area contributed by atoms with E-state index < -0.39 is 15.9 Å². The third-order valence-corrected chi connectivity index (χ3v) is 7.10. The molecule has 1 N–H and O–H groups in total. The van der Waals surface area contributed by atoms with Gasteiger partial charge in [-0.1, -0.05) is 66.5 Å². The Balaban J connectivity index is 1.86. The Morgan fingerprint density at radius 2 is 1.65 bits per heavy atom. The lowest BCUT2D eigenvalue weighted by Gasteiger charge is -2.22. The van der Waals surface area contributed by atoms with Crippen LogP contribution < -0.4 is 5.32 Å². The highest BCUT2D eigenvalue weighted by Gasteiger charge is 2.27. The van der Waals surface area contributed by atoms with Crippen molar-refractivity contribution >= 4 is 44.8 Å². The van der Waals surface area contributed by atoms with Crippen molar-refractivity contribution in [3.63, 3.8) is 0 Å². The third-order valence-electron chi connectivity index (χ3n) is 4.71. The van der Waals surface area contributed by atoms with Crippen molar-refractivity contribution in [2.24, 2.45) is 0 Å². The lowest BCUT2D eigenvalue weighted by atomic mass is 10.1. The number of nitrogens with zero attached hydrogens (tertiary/aromatic N) is 1. The van der Waals surface area contributed by atoms with Crippen LogP contribution in [-0.4, -0.2) is 25.2 Å². The molecule has 31 heavy (non-hydrogen) atoms. The lowest BCUT2D eigenvalue weighted by Crippen LogP contribution is -2.37. The number of benzene rings is 3. The maximum absolute atomic E-state index is 13.3. The molecule has 0 heterocycles. The molecule has 0 aliphatic heterocycles. The highest BCUT2D eigenvalue weighted by molar-refractivity contribution is 7.89. The summed E-state index contributed by atoms with van der Waals surface area (Å²) < 4.78 is 27.6. The molecular formula is C23H22Cl2N2O3S. The zero-order valence-electron chi connectivity index (χ0n) is 16.9. The van der Waals surface area contributed by atoms with Gasteiger partial charge in [0.1, 0.15) is 0 Å². The molecule has 3 aromatic rings. The molecule has 0 spiro atoms. The number of aryl methyl sites for hydroxylation is 1. The van der Waals surface area contributed by atoms with Crippen LogP contribution in [0.3, 0.4) is 0 Å². The third kappa shape index (κ3) is 6.08. The number of nitrogens with one attached hydrogen (secondary N) is 1. The average molecular weight is 477 g/mol. The monoisotopic (exact) mass is 476 g/mol. The molecule has 0 atom stereocenters. The van der Waals surface area contributed by atoms with Crippen molar-refractivity contribution in [3.8, 4) is 0 Å². The summed E-state index contributed by atoms with van der Waals surface area (Å²) in [5.41, 5.74) is 2.29. The molecule has 1 amide bonds. The molecule has 0 aliphatic carbocycles. The van der Waals surface area contributed by atoms with Crippen LogP contribution in [0.15, 0.2) is 77.7 Å². The summed E-state index contributed by atoms with van der Waals surface area (Å²) in [5, 5.41) is 3.53. The number of carbonyl (C=O) groups excluding carboxylic acids is 1. The van der Waals surface area contributed by atoms with Crippen molar-refractivity contribution in [1.29, 1.82) is 0 Å². The smallest absolute Gasteiger partial charge is 0.243 e. The molecule has 3 aromatic carbocycles. The van der Waals surface area contributed by atoms with Gasteiger partial charge in [0.25, 0.3) is 0 Å². The van der Waals surface area contributed by atoms with E-state index in [1.807, 2.05) is 19.1 Å². The van der Waals surface area contributed by atoms with E-state index in [-0.39, 0.29) is 18.0 Å². The standard InChI is InChI=1S/C23H22Cl2N2O3S/c1-2-17-8-12-20(13-9-17)26-23(28)16-27(15-18-10-11-19(24)14-22(18)25)31(29,30)21-6-4-3-5-7-21/h3-14H,2,15-16H2,1H3,(H,26,28). The quantitative estimate of drug-likeness (QED) is 0.474. The molecular weight excluding hydrogens is 455 g/mol. The molecule has 0 aliphatic rings. The molecule has 8 heteroatoms. The highest BCUT2D eigenvalue weighted by atomic mass is 35.5. The van der Waals surface area contributed by atoms with Crippen molar-refractivity contribution in [3.05, 3.63) is 94.0 Å². The van der Waals surface area contributed by atoms with Gasteiger partial charge in [-0.2, -0.15) is 4.31 Å². The number of rotatable bonds is 8. The van der Waals surface area contributed by atoms with E-state index in [1.54, 1.807) is 48.5 Å². The summed E-state index contributed by atoms with van der Waals surface area (Å²) in [4.78, 5) is 12.8. The molecule has 0 saturated carbocycles. The largest absolute Gasteiger partial charge is 0.325 e. The van der Waals surface area contributed by atoms with Crippen molar-refractivity contribution in [2.45, 2.75) is 24.8 Å². The van der Waals surface area contributed by atoms with Gasteiger partial charge >= 0.3 is 0 Å². The molecule has 0 bridgehead atoms. The Labute approximate surface area is 192 Å². The van der Waals surface area contributed by atoms with Crippen LogP contribution in [0.25, 0.3) is 0 Å². The van der Waals surface area contributed by atoms with E-state index >= 15 is 0 Å². The first-order valence-corrected chi connectivity index (χ1v) is 11.9. The Kier molecular flexibility index (Phi) is 7.73. The van der Waals surface area contributed by atoms with Gasteiger partial charge in [0, 0.05) is 22.3 Å². The molecule has 0 fully saturated rings. The van der Waals surface area contributed by atoms with Crippen LogP contribution in [-0.2, 0) is 27.8 Å². The van der Waals surface area contributed by atoms with Gasteiger partial charge in [-0.25, -0.2) is 8.42 Å². The predicted octanol–water partition coefficient (Wildman–Crippen LogP) is 5.39. The second-order valence-corrected chi connectivity index (χ2v) is 9.70. The fourth-order valence-electron chi connectivity index (χ4n) is 2.99. The number of anilines is 1.